The zero-order valence-electron chi connectivity index (χ0n) is 10.2. The van der Waals surface area contributed by atoms with Gasteiger partial charge in [-0.3, -0.25) is 9.89 Å². The first-order valence-corrected chi connectivity index (χ1v) is 6.22. The van der Waals surface area contributed by atoms with Crippen molar-refractivity contribution >= 4 is 22.5 Å². The number of fused-ring (bicyclic) bond motifs is 1. The molecular formula is C13H16N4O. The topological polar surface area (TPSA) is 69.8 Å². The number of nitrogens with zero attached hydrogens (tertiary/aromatic N) is 1. The normalized spacial score (nSPS) is 23.4. The Bertz CT molecular complexity index is 577. The predicted octanol–water partition coefficient (Wildman–Crippen LogP) is 1.50. The van der Waals surface area contributed by atoms with Crippen molar-refractivity contribution in [3.63, 3.8) is 0 Å². The van der Waals surface area contributed by atoms with Crippen LogP contribution in [0.1, 0.15) is 13.3 Å². The van der Waals surface area contributed by atoms with Gasteiger partial charge in [0.15, 0.2) is 0 Å². The molecule has 1 fully saturated rings. The minimum absolute atomic E-state index is 0.0358. The van der Waals surface area contributed by atoms with Gasteiger partial charge >= 0.3 is 0 Å². The Balaban J connectivity index is 1.84. The second kappa shape index (κ2) is 4.42. The Kier molecular flexibility index (Phi) is 2.76. The number of hydrogen-bond donors (Lipinski definition) is 3. The first-order valence-electron chi connectivity index (χ1n) is 6.22. The van der Waals surface area contributed by atoms with Gasteiger partial charge in [0.05, 0.1) is 23.4 Å². The highest BCUT2D eigenvalue weighted by molar-refractivity contribution is 6.02. The fourth-order valence-electron chi connectivity index (χ4n) is 2.47. The zero-order chi connectivity index (χ0) is 12.5. The molecule has 94 valence electrons. The summed E-state index contributed by atoms with van der Waals surface area (Å²) in [7, 11) is 0. The van der Waals surface area contributed by atoms with Crippen molar-refractivity contribution in [1.82, 2.24) is 15.5 Å². The molecule has 2 unspecified atom stereocenters. The first kappa shape index (κ1) is 11.2. The SMILES string of the molecule is CC1CCNC1C(=O)Nc1cccc2[nH]ncc12. The van der Waals surface area contributed by atoms with Gasteiger partial charge in [0.2, 0.25) is 5.91 Å². The highest BCUT2D eigenvalue weighted by atomic mass is 16.2. The summed E-state index contributed by atoms with van der Waals surface area (Å²) >= 11 is 0. The predicted molar refractivity (Wildman–Crippen MR) is 70.3 cm³/mol. The minimum atomic E-state index is -0.0906. The van der Waals surface area contributed by atoms with Crippen LogP contribution in [0.25, 0.3) is 10.9 Å². The van der Waals surface area contributed by atoms with E-state index in [-0.39, 0.29) is 11.9 Å². The summed E-state index contributed by atoms with van der Waals surface area (Å²) in [6, 6.07) is 5.65. The van der Waals surface area contributed by atoms with E-state index in [0.29, 0.717) is 5.92 Å². The largest absolute Gasteiger partial charge is 0.324 e. The van der Waals surface area contributed by atoms with Crippen molar-refractivity contribution in [2.24, 2.45) is 5.92 Å². The number of hydrogen-bond acceptors (Lipinski definition) is 3. The van der Waals surface area contributed by atoms with Crippen LogP contribution in [0.5, 0.6) is 0 Å². The van der Waals surface area contributed by atoms with Gasteiger partial charge in [-0.25, -0.2) is 0 Å². The van der Waals surface area contributed by atoms with Crippen LogP contribution >= 0.6 is 0 Å². The molecular weight excluding hydrogens is 228 g/mol. The Labute approximate surface area is 105 Å². The van der Waals surface area contributed by atoms with Gasteiger partial charge < -0.3 is 10.6 Å². The van der Waals surface area contributed by atoms with Crippen LogP contribution in [-0.2, 0) is 4.79 Å². The fourth-order valence-corrected chi connectivity index (χ4v) is 2.47. The maximum absolute atomic E-state index is 12.2. The van der Waals surface area contributed by atoms with E-state index in [4.69, 9.17) is 0 Å². The second-order valence-electron chi connectivity index (χ2n) is 4.82. The molecule has 1 aliphatic heterocycles. The molecule has 3 rings (SSSR count). The van der Waals surface area contributed by atoms with Gasteiger partial charge in [0.25, 0.3) is 0 Å². The van der Waals surface area contributed by atoms with E-state index >= 15 is 0 Å². The molecule has 0 spiro atoms. The van der Waals surface area contributed by atoms with Crippen LogP contribution in [0.2, 0.25) is 0 Å². The molecule has 0 aliphatic carbocycles. The molecule has 1 amide bonds. The average molecular weight is 244 g/mol. The Morgan fingerprint density at radius 2 is 2.39 bits per heavy atom. The lowest BCUT2D eigenvalue weighted by molar-refractivity contribution is -0.118. The fraction of sp³-hybridized carbons (Fsp3) is 0.385. The molecule has 18 heavy (non-hydrogen) atoms. The minimum Gasteiger partial charge on any atom is -0.324 e. The molecule has 5 heteroatoms. The van der Waals surface area contributed by atoms with Crippen molar-refractivity contribution in [3.05, 3.63) is 24.4 Å². The van der Waals surface area contributed by atoms with E-state index in [1.54, 1.807) is 6.20 Å². The highest BCUT2D eigenvalue weighted by Gasteiger charge is 2.29. The standard InChI is InChI=1S/C13H16N4O/c1-8-5-6-14-12(8)13(18)16-10-3-2-4-11-9(10)7-15-17-11/h2-4,7-8,12,14H,5-6H2,1H3,(H,15,17)(H,16,18). The summed E-state index contributed by atoms with van der Waals surface area (Å²) < 4.78 is 0. The van der Waals surface area contributed by atoms with Crippen LogP contribution in [0, 0.1) is 5.92 Å². The molecule has 0 bridgehead atoms. The lowest BCUT2D eigenvalue weighted by atomic mass is 10.0. The lowest BCUT2D eigenvalue weighted by Crippen LogP contribution is -2.39. The Morgan fingerprint density at radius 3 is 3.17 bits per heavy atom. The molecule has 3 N–H and O–H groups in total. The van der Waals surface area contributed by atoms with E-state index in [1.807, 2.05) is 18.2 Å². The van der Waals surface area contributed by atoms with E-state index in [0.717, 1.165) is 29.6 Å². The maximum Gasteiger partial charge on any atom is 0.241 e. The summed E-state index contributed by atoms with van der Waals surface area (Å²) in [5.41, 5.74) is 1.74. The van der Waals surface area contributed by atoms with Crippen LogP contribution in [0.4, 0.5) is 5.69 Å². The molecule has 5 nitrogen and oxygen atoms in total. The maximum atomic E-state index is 12.2. The van der Waals surface area contributed by atoms with Crippen LogP contribution in [0.3, 0.4) is 0 Å². The molecule has 0 radical (unpaired) electrons. The number of H-pyrrole nitrogens is 1. The van der Waals surface area contributed by atoms with Crippen LogP contribution in [0.15, 0.2) is 24.4 Å². The van der Waals surface area contributed by atoms with E-state index in [1.165, 1.54) is 0 Å². The monoisotopic (exact) mass is 244 g/mol. The molecule has 0 saturated carbocycles. The summed E-state index contributed by atoms with van der Waals surface area (Å²) in [6.45, 7) is 3.01. The van der Waals surface area contributed by atoms with Gasteiger partial charge in [-0.2, -0.15) is 5.10 Å². The number of aromatic amines is 1. The van der Waals surface area contributed by atoms with Gasteiger partial charge in [0, 0.05) is 5.39 Å². The van der Waals surface area contributed by atoms with E-state index in [2.05, 4.69) is 27.8 Å². The number of anilines is 1. The average Bonchev–Trinajstić information content (AvgIpc) is 2.97. The third-order valence-corrected chi connectivity index (χ3v) is 3.56. The number of carbonyl (C=O) groups is 1. The smallest absolute Gasteiger partial charge is 0.241 e. The number of benzene rings is 1. The quantitative estimate of drug-likeness (QED) is 0.749. The first-order chi connectivity index (χ1) is 8.75. The summed E-state index contributed by atoms with van der Waals surface area (Å²) in [5, 5.41) is 14.0. The second-order valence-corrected chi connectivity index (χ2v) is 4.82. The summed E-state index contributed by atoms with van der Waals surface area (Å²) in [4.78, 5) is 12.2. The number of rotatable bonds is 2. The van der Waals surface area contributed by atoms with Crippen LogP contribution < -0.4 is 10.6 Å². The van der Waals surface area contributed by atoms with Gasteiger partial charge in [-0.1, -0.05) is 13.0 Å². The summed E-state index contributed by atoms with van der Waals surface area (Å²) in [6.07, 6.45) is 2.78. The van der Waals surface area contributed by atoms with E-state index in [9.17, 15) is 4.79 Å². The van der Waals surface area contributed by atoms with Gasteiger partial charge in [-0.15, -0.1) is 0 Å². The number of carbonyl (C=O) groups excluding carboxylic acids is 1. The van der Waals surface area contributed by atoms with Crippen molar-refractivity contribution < 1.29 is 4.79 Å². The molecule has 1 saturated heterocycles. The summed E-state index contributed by atoms with van der Waals surface area (Å²) in [5.74, 6) is 0.419. The molecule has 1 aromatic carbocycles. The molecule has 2 heterocycles. The van der Waals surface area contributed by atoms with Crippen molar-refractivity contribution in [1.29, 1.82) is 0 Å². The third kappa shape index (κ3) is 1.86. The number of aromatic nitrogens is 2. The molecule has 1 aliphatic rings. The Morgan fingerprint density at radius 1 is 1.50 bits per heavy atom. The van der Waals surface area contributed by atoms with Crippen molar-refractivity contribution in [3.8, 4) is 0 Å². The molecule has 2 aromatic rings. The molecule has 2 atom stereocenters. The third-order valence-electron chi connectivity index (χ3n) is 3.56. The number of amides is 1. The van der Waals surface area contributed by atoms with Crippen molar-refractivity contribution in [2.75, 3.05) is 11.9 Å². The van der Waals surface area contributed by atoms with Gasteiger partial charge in [-0.05, 0) is 31.0 Å². The number of nitrogens with one attached hydrogen (secondary N) is 3. The highest BCUT2D eigenvalue weighted by Crippen LogP contribution is 2.22. The Hall–Kier alpha value is -1.88. The van der Waals surface area contributed by atoms with Gasteiger partial charge in [0.1, 0.15) is 0 Å². The van der Waals surface area contributed by atoms with Crippen molar-refractivity contribution in [2.45, 2.75) is 19.4 Å². The zero-order valence-corrected chi connectivity index (χ0v) is 10.2. The lowest BCUT2D eigenvalue weighted by Gasteiger charge is -2.15. The van der Waals surface area contributed by atoms with Crippen LogP contribution in [-0.4, -0.2) is 28.7 Å². The molecule has 1 aromatic heterocycles. The van der Waals surface area contributed by atoms with E-state index < -0.39 is 0 Å².